The minimum Gasteiger partial charge on any atom is -0.364 e. The smallest absolute Gasteiger partial charge is 0.0827 e. The number of hydrogen-bond donors (Lipinski definition) is 0. The fourth-order valence-electron chi connectivity index (χ4n) is 4.32. The van der Waals surface area contributed by atoms with Crippen LogP contribution in [0.15, 0.2) is 12.2 Å². The van der Waals surface area contributed by atoms with Crippen LogP contribution in [0.2, 0.25) is 0 Å². The second kappa shape index (κ2) is 10.0. The van der Waals surface area contributed by atoms with Gasteiger partial charge in [0.2, 0.25) is 0 Å². The van der Waals surface area contributed by atoms with Gasteiger partial charge in [0.15, 0.2) is 0 Å². The molecule has 1 aliphatic carbocycles. The lowest BCUT2D eigenvalue weighted by Crippen LogP contribution is -2.33. The summed E-state index contributed by atoms with van der Waals surface area (Å²) in [5, 5.41) is -0.170. The predicted molar refractivity (Wildman–Crippen MR) is 150 cm³/mol. The Balaban J connectivity index is 2.91. The predicted octanol–water partition coefficient (Wildman–Crippen LogP) is 7.54. The third-order valence-corrected chi connectivity index (χ3v) is 21.3. The van der Waals surface area contributed by atoms with Gasteiger partial charge >= 0.3 is 0 Å². The molecule has 0 aliphatic heterocycles. The van der Waals surface area contributed by atoms with E-state index >= 15 is 0 Å². The van der Waals surface area contributed by atoms with Crippen LogP contribution < -0.4 is 0 Å². The Kier molecular flexibility index (Phi) is 9.56. The number of rotatable bonds is 11. The zero-order valence-electron chi connectivity index (χ0n) is 21.1. The van der Waals surface area contributed by atoms with Crippen LogP contribution in [-0.4, -0.2) is 67.1 Å². The highest BCUT2D eigenvalue weighted by Gasteiger charge is 2.49. The molecule has 172 valence electrons. The van der Waals surface area contributed by atoms with Crippen molar-refractivity contribution in [3.63, 3.8) is 0 Å². The van der Waals surface area contributed by atoms with E-state index in [9.17, 15) is 0 Å². The maximum Gasteiger partial charge on any atom is 0.0827 e. The molecule has 0 saturated heterocycles. The third-order valence-electron chi connectivity index (χ3n) is 8.53. The van der Waals surface area contributed by atoms with Crippen molar-refractivity contribution in [2.24, 2.45) is 17.3 Å². The molecule has 0 aromatic carbocycles. The zero-order valence-corrected chi connectivity index (χ0v) is 23.9. The van der Waals surface area contributed by atoms with Crippen LogP contribution in [0, 0.1) is 17.3 Å². The highest BCUT2D eigenvalue weighted by Crippen LogP contribution is 2.60. The van der Waals surface area contributed by atoms with Crippen molar-refractivity contribution in [1.29, 1.82) is 0 Å². The van der Waals surface area contributed by atoms with Crippen molar-refractivity contribution in [2.45, 2.75) is 73.8 Å². The molecule has 0 bridgehead atoms. The molecule has 4 heteroatoms. The Morgan fingerprint density at radius 1 is 1.00 bits per heavy atom. The molecular weight excluding hydrogens is 409 g/mol. The third kappa shape index (κ3) is 6.32. The summed E-state index contributed by atoms with van der Waals surface area (Å²) in [4.78, 5) is 0. The first-order valence-corrected chi connectivity index (χ1v) is 18.5. The zero-order chi connectivity index (χ0) is 22.8. The first kappa shape index (κ1) is 27.6. The van der Waals surface area contributed by atoms with Gasteiger partial charge in [0.1, 0.15) is 0 Å². The van der Waals surface area contributed by atoms with Crippen LogP contribution >= 0.6 is 21.3 Å². The van der Waals surface area contributed by atoms with Crippen molar-refractivity contribution < 1.29 is 4.74 Å². The molecule has 0 spiro atoms. The molecule has 29 heavy (non-hydrogen) atoms. The summed E-state index contributed by atoms with van der Waals surface area (Å²) in [6.07, 6.45) is 20.7. The van der Waals surface area contributed by atoms with Gasteiger partial charge in [-0.1, -0.05) is 62.6 Å². The molecule has 2 unspecified atom stereocenters. The first-order chi connectivity index (χ1) is 13.1. The van der Waals surface area contributed by atoms with Crippen molar-refractivity contribution in [1.82, 2.24) is 0 Å². The van der Waals surface area contributed by atoms with Gasteiger partial charge in [0.25, 0.3) is 0 Å². The molecule has 5 atom stereocenters. The van der Waals surface area contributed by atoms with Gasteiger partial charge in [0, 0.05) is 0 Å². The van der Waals surface area contributed by atoms with Crippen molar-refractivity contribution in [2.75, 3.05) is 36.7 Å². The maximum atomic E-state index is 6.84. The minimum atomic E-state index is -1.22. The Bertz CT molecular complexity index is 693. The van der Waals surface area contributed by atoms with Crippen molar-refractivity contribution >= 4 is 40.2 Å². The van der Waals surface area contributed by atoms with Crippen LogP contribution in [0.1, 0.15) is 62.3 Å². The Morgan fingerprint density at radius 2 is 1.45 bits per heavy atom. The van der Waals surface area contributed by atoms with Gasteiger partial charge in [-0.2, -0.15) is 0 Å². The molecule has 1 saturated carbocycles. The molecule has 1 nitrogen and oxygen atoms in total. The average molecular weight is 461 g/mol. The van der Waals surface area contributed by atoms with E-state index in [0.29, 0.717) is 11.8 Å². The monoisotopic (exact) mass is 460 g/mol. The highest BCUT2D eigenvalue weighted by atomic mass is 31.2. The summed E-state index contributed by atoms with van der Waals surface area (Å²) in [5.41, 5.74) is 1.51. The fraction of sp³-hybridized carbons (Fsp3) is 0.800. The molecule has 1 rings (SSSR count). The largest absolute Gasteiger partial charge is 0.364 e. The van der Waals surface area contributed by atoms with Crippen LogP contribution in [0.25, 0.3) is 0 Å². The van der Waals surface area contributed by atoms with E-state index in [-0.39, 0.29) is 16.9 Å². The quantitative estimate of drug-likeness (QED) is 0.229. The van der Waals surface area contributed by atoms with E-state index in [1.165, 1.54) is 42.3 Å². The fourth-order valence-corrected chi connectivity index (χ4v) is 15.7. The van der Waals surface area contributed by atoms with E-state index < -0.39 is 21.3 Å². The lowest BCUT2D eigenvalue weighted by atomic mass is 9.77. The topological polar surface area (TPSA) is 9.23 Å². The molecule has 0 heterocycles. The van der Waals surface area contributed by atoms with Gasteiger partial charge in [0.05, 0.1) is 11.4 Å². The molecule has 0 amide bonds. The van der Waals surface area contributed by atoms with Gasteiger partial charge in [-0.05, 0) is 73.4 Å². The lowest BCUT2D eigenvalue weighted by Gasteiger charge is -2.38. The second-order valence-corrected chi connectivity index (χ2v) is 22.6. The first-order valence-electron chi connectivity index (χ1n) is 11.5. The number of hydrogen-bond acceptors (Lipinski definition) is 1. The summed E-state index contributed by atoms with van der Waals surface area (Å²) >= 11 is 0. The summed E-state index contributed by atoms with van der Waals surface area (Å²) in [6.45, 7) is 23.1. The molecule has 0 aromatic heterocycles. The van der Waals surface area contributed by atoms with E-state index in [4.69, 9.17) is 17.3 Å². The molecule has 1 fully saturated rings. The van der Waals surface area contributed by atoms with Gasteiger partial charge in [-0.15, -0.1) is 32.7 Å². The standard InChI is InChI=1S/C25H51OP3/c1-14-28(12,15-2)17-18-29(13,16-3)19-27(11)25(9,10)26-23-20(4)21(5)24(7,8)22(23)6/h21-23,27H,4,11-19H2,1-3,5-10H3/t21-,22-,23+,29?/m1/s1. The van der Waals surface area contributed by atoms with Crippen molar-refractivity contribution in [3.8, 4) is 0 Å². The highest BCUT2D eigenvalue weighted by molar-refractivity contribution is 7.84. The van der Waals surface area contributed by atoms with Crippen LogP contribution in [-0.2, 0) is 4.74 Å². The summed E-state index contributed by atoms with van der Waals surface area (Å²) in [5.74, 6) is 2.18. The van der Waals surface area contributed by atoms with Crippen LogP contribution in [0.5, 0.6) is 0 Å². The molecule has 0 radical (unpaired) electrons. The lowest BCUT2D eigenvalue weighted by molar-refractivity contribution is -0.0285. The Labute approximate surface area is 184 Å². The SMILES string of the molecule is C=C1[C@@H](C)C(C)(C)[C@H](C)[C@H]1OC(C)(C)[PH](=C)CP(=C)(CC)CCP(=C)(CC)CC. The van der Waals surface area contributed by atoms with E-state index in [0.717, 1.165) is 0 Å². The Morgan fingerprint density at radius 3 is 1.83 bits per heavy atom. The molecule has 1 aliphatic rings. The summed E-state index contributed by atoms with van der Waals surface area (Å²) in [6, 6.07) is 0. The van der Waals surface area contributed by atoms with Crippen LogP contribution in [0.3, 0.4) is 0 Å². The molecular formula is C25H51OP3. The van der Waals surface area contributed by atoms with E-state index in [2.05, 4.69) is 75.2 Å². The second-order valence-electron chi connectivity index (χ2n) is 10.8. The van der Waals surface area contributed by atoms with Gasteiger partial charge in [-0.3, -0.25) is 0 Å². The molecule has 0 aromatic rings. The summed E-state index contributed by atoms with van der Waals surface area (Å²) in [7, 11) is -0.937. The van der Waals surface area contributed by atoms with E-state index in [1.54, 1.807) is 0 Å². The van der Waals surface area contributed by atoms with Gasteiger partial charge in [-0.25, -0.2) is 0 Å². The summed E-state index contributed by atoms with van der Waals surface area (Å²) < 4.78 is 6.84. The normalized spacial score (nSPS) is 28.3. The average Bonchev–Trinajstić information content (AvgIpc) is 2.80. The van der Waals surface area contributed by atoms with E-state index in [1.807, 2.05) is 0 Å². The van der Waals surface area contributed by atoms with Crippen LogP contribution in [0.4, 0.5) is 0 Å². The molecule has 0 N–H and O–H groups in total. The van der Waals surface area contributed by atoms with Crippen molar-refractivity contribution in [3.05, 3.63) is 12.2 Å². The minimum absolute atomic E-state index is 0.148. The Hall–Kier alpha value is 0.600. The number of ether oxygens (including phenoxy) is 1. The maximum absolute atomic E-state index is 6.84. The van der Waals surface area contributed by atoms with Gasteiger partial charge < -0.3 is 4.74 Å².